The summed E-state index contributed by atoms with van der Waals surface area (Å²) in [5.41, 5.74) is 6.93. The summed E-state index contributed by atoms with van der Waals surface area (Å²) in [6, 6.07) is 0. The first-order valence-corrected chi connectivity index (χ1v) is 7.76. The molecule has 0 radical (unpaired) electrons. The lowest BCUT2D eigenvalue weighted by molar-refractivity contribution is 0.0347. The molecule has 1 saturated carbocycles. The van der Waals surface area contributed by atoms with Crippen LogP contribution >= 0.6 is 0 Å². The molecule has 0 atom stereocenters. The molecule has 1 aliphatic carbocycles. The van der Waals surface area contributed by atoms with Crippen molar-refractivity contribution >= 4 is 11.6 Å². The third-order valence-electron chi connectivity index (χ3n) is 3.78. The van der Waals surface area contributed by atoms with Gasteiger partial charge in [0.15, 0.2) is 0 Å². The van der Waals surface area contributed by atoms with Crippen molar-refractivity contribution in [2.75, 3.05) is 24.2 Å². The van der Waals surface area contributed by atoms with E-state index in [-0.39, 0.29) is 0 Å². The third kappa shape index (κ3) is 4.34. The predicted octanol–water partition coefficient (Wildman–Crippen LogP) is 2.77. The highest BCUT2D eigenvalue weighted by molar-refractivity contribution is 5.54. The van der Waals surface area contributed by atoms with Gasteiger partial charge in [0.2, 0.25) is 0 Å². The lowest BCUT2D eigenvalue weighted by Crippen LogP contribution is -2.21. The number of hydrogen-bond acceptors (Lipinski definition) is 5. The lowest BCUT2D eigenvalue weighted by atomic mass is 9.98. The number of aromatic nitrogens is 2. The van der Waals surface area contributed by atoms with Gasteiger partial charge in [0.25, 0.3) is 0 Å². The van der Waals surface area contributed by atoms with Crippen LogP contribution in [0.15, 0.2) is 6.33 Å². The Bertz CT molecular complexity index is 405. The first kappa shape index (κ1) is 15.0. The minimum absolute atomic E-state index is 0.455. The fourth-order valence-corrected chi connectivity index (χ4v) is 2.70. The van der Waals surface area contributed by atoms with Gasteiger partial charge in [-0.2, -0.15) is 0 Å². The maximum atomic E-state index is 5.91. The largest absolute Gasteiger partial charge is 0.383 e. The summed E-state index contributed by atoms with van der Waals surface area (Å²) in [5.74, 6) is 1.43. The average Bonchev–Trinajstić information content (AvgIpc) is 2.48. The minimum Gasteiger partial charge on any atom is -0.383 e. The Morgan fingerprint density at radius 2 is 2.10 bits per heavy atom. The first-order chi connectivity index (χ1) is 9.81. The second-order valence-corrected chi connectivity index (χ2v) is 5.39. The molecule has 0 aliphatic heterocycles. The highest BCUT2D eigenvalue weighted by atomic mass is 16.5. The third-order valence-corrected chi connectivity index (χ3v) is 3.78. The standard InChI is InChI=1S/C15H26N4O/c1-2-6-13-14(16)18-11-19-15(13)17-9-10-20-12-7-4-3-5-8-12/h11-12H,2-10H2,1H3,(H3,16,17,18,19). The van der Waals surface area contributed by atoms with Crippen LogP contribution < -0.4 is 11.1 Å². The van der Waals surface area contributed by atoms with E-state index in [9.17, 15) is 0 Å². The van der Waals surface area contributed by atoms with E-state index in [1.165, 1.54) is 38.4 Å². The number of anilines is 2. The molecular formula is C15H26N4O. The Morgan fingerprint density at radius 3 is 2.85 bits per heavy atom. The average molecular weight is 278 g/mol. The van der Waals surface area contributed by atoms with Crippen LogP contribution in [0.2, 0.25) is 0 Å². The Morgan fingerprint density at radius 1 is 1.30 bits per heavy atom. The Kier molecular flexibility index (Phi) is 6.05. The number of nitrogens with one attached hydrogen (secondary N) is 1. The zero-order chi connectivity index (χ0) is 14.2. The van der Waals surface area contributed by atoms with Crippen LogP contribution in [-0.2, 0) is 11.2 Å². The fourth-order valence-electron chi connectivity index (χ4n) is 2.70. The fraction of sp³-hybridized carbons (Fsp3) is 0.733. The SMILES string of the molecule is CCCc1c(N)ncnc1NCCOC1CCCCC1. The Hall–Kier alpha value is -1.36. The van der Waals surface area contributed by atoms with Crippen molar-refractivity contribution in [1.82, 2.24) is 9.97 Å². The van der Waals surface area contributed by atoms with Crippen LogP contribution in [0.4, 0.5) is 11.6 Å². The molecule has 1 aliphatic rings. The van der Waals surface area contributed by atoms with Crippen molar-refractivity contribution in [1.29, 1.82) is 0 Å². The second-order valence-electron chi connectivity index (χ2n) is 5.39. The van der Waals surface area contributed by atoms with Crippen molar-refractivity contribution in [3.63, 3.8) is 0 Å². The van der Waals surface area contributed by atoms with Crippen molar-refractivity contribution in [2.24, 2.45) is 0 Å². The summed E-state index contributed by atoms with van der Waals surface area (Å²) in [6.45, 7) is 3.62. The topological polar surface area (TPSA) is 73.1 Å². The minimum atomic E-state index is 0.455. The van der Waals surface area contributed by atoms with E-state index in [0.29, 0.717) is 11.9 Å². The van der Waals surface area contributed by atoms with Crippen LogP contribution in [0.3, 0.4) is 0 Å². The number of hydrogen-bond donors (Lipinski definition) is 2. The van der Waals surface area contributed by atoms with Gasteiger partial charge in [-0.25, -0.2) is 9.97 Å². The van der Waals surface area contributed by atoms with Crippen molar-refractivity contribution in [3.8, 4) is 0 Å². The van der Waals surface area contributed by atoms with E-state index < -0.39 is 0 Å². The summed E-state index contributed by atoms with van der Waals surface area (Å²) < 4.78 is 5.90. The molecule has 0 amide bonds. The molecule has 0 bridgehead atoms. The predicted molar refractivity (Wildman–Crippen MR) is 81.8 cm³/mol. The lowest BCUT2D eigenvalue weighted by Gasteiger charge is -2.22. The molecule has 112 valence electrons. The molecule has 3 N–H and O–H groups in total. The van der Waals surface area contributed by atoms with E-state index in [4.69, 9.17) is 10.5 Å². The molecule has 0 spiro atoms. The second kappa shape index (κ2) is 8.04. The Balaban J connectivity index is 1.77. The highest BCUT2D eigenvalue weighted by Gasteiger charge is 2.13. The molecular weight excluding hydrogens is 252 g/mol. The van der Waals surface area contributed by atoms with Crippen LogP contribution in [0, 0.1) is 0 Å². The van der Waals surface area contributed by atoms with Crippen LogP contribution in [0.25, 0.3) is 0 Å². The maximum absolute atomic E-state index is 5.91. The molecule has 5 heteroatoms. The van der Waals surface area contributed by atoms with Gasteiger partial charge >= 0.3 is 0 Å². The van der Waals surface area contributed by atoms with Gasteiger partial charge in [0, 0.05) is 12.1 Å². The van der Waals surface area contributed by atoms with E-state index in [1.54, 1.807) is 0 Å². The zero-order valence-corrected chi connectivity index (χ0v) is 12.4. The highest BCUT2D eigenvalue weighted by Crippen LogP contribution is 2.21. The molecule has 20 heavy (non-hydrogen) atoms. The zero-order valence-electron chi connectivity index (χ0n) is 12.4. The summed E-state index contributed by atoms with van der Waals surface area (Å²) >= 11 is 0. The molecule has 0 aromatic carbocycles. The van der Waals surface area contributed by atoms with E-state index in [1.807, 2.05) is 0 Å². The normalized spacial score (nSPS) is 16.2. The molecule has 1 aromatic rings. The van der Waals surface area contributed by atoms with Gasteiger partial charge in [-0.3, -0.25) is 0 Å². The maximum Gasteiger partial charge on any atom is 0.134 e. The molecule has 1 heterocycles. The van der Waals surface area contributed by atoms with Crippen LogP contribution in [0.5, 0.6) is 0 Å². The summed E-state index contributed by atoms with van der Waals surface area (Å²) in [5, 5.41) is 3.32. The van der Waals surface area contributed by atoms with Gasteiger partial charge in [-0.1, -0.05) is 32.6 Å². The monoisotopic (exact) mass is 278 g/mol. The number of rotatable bonds is 7. The number of ether oxygens (including phenoxy) is 1. The number of nitrogens with two attached hydrogens (primary N) is 1. The molecule has 5 nitrogen and oxygen atoms in total. The van der Waals surface area contributed by atoms with E-state index in [0.717, 1.165) is 37.4 Å². The van der Waals surface area contributed by atoms with Crippen molar-refractivity contribution in [3.05, 3.63) is 11.9 Å². The molecule has 1 fully saturated rings. The summed E-state index contributed by atoms with van der Waals surface area (Å²) in [6.07, 6.45) is 10.3. The van der Waals surface area contributed by atoms with Gasteiger partial charge in [-0.15, -0.1) is 0 Å². The van der Waals surface area contributed by atoms with Crippen LogP contribution in [0.1, 0.15) is 51.0 Å². The summed E-state index contributed by atoms with van der Waals surface area (Å²) in [4.78, 5) is 8.34. The van der Waals surface area contributed by atoms with Crippen molar-refractivity contribution < 1.29 is 4.74 Å². The van der Waals surface area contributed by atoms with Crippen molar-refractivity contribution in [2.45, 2.75) is 58.0 Å². The molecule has 1 aromatic heterocycles. The Labute approximate surface area is 121 Å². The summed E-state index contributed by atoms with van der Waals surface area (Å²) in [7, 11) is 0. The molecule has 0 unspecified atom stereocenters. The van der Waals surface area contributed by atoms with Gasteiger partial charge < -0.3 is 15.8 Å². The first-order valence-electron chi connectivity index (χ1n) is 7.76. The molecule has 2 rings (SSSR count). The number of nitrogen functional groups attached to an aromatic ring is 1. The molecule has 0 saturated heterocycles. The van der Waals surface area contributed by atoms with Crippen LogP contribution in [-0.4, -0.2) is 29.2 Å². The van der Waals surface area contributed by atoms with Gasteiger partial charge in [0.05, 0.1) is 12.7 Å². The number of nitrogens with zero attached hydrogens (tertiary/aromatic N) is 2. The smallest absolute Gasteiger partial charge is 0.134 e. The van der Waals surface area contributed by atoms with E-state index in [2.05, 4.69) is 22.2 Å². The van der Waals surface area contributed by atoms with Gasteiger partial charge in [0.1, 0.15) is 18.0 Å². The van der Waals surface area contributed by atoms with Gasteiger partial charge in [-0.05, 0) is 19.3 Å². The quantitative estimate of drug-likeness (QED) is 0.750. The van der Waals surface area contributed by atoms with E-state index >= 15 is 0 Å².